The first-order chi connectivity index (χ1) is 15.4. The van der Waals surface area contributed by atoms with E-state index >= 15 is 0 Å². The average molecular weight is 454 g/mol. The maximum absolute atomic E-state index is 13.1. The number of ether oxygens (including phenoxy) is 1. The molecule has 1 fully saturated rings. The van der Waals surface area contributed by atoms with Crippen LogP contribution in [-0.4, -0.2) is 28.1 Å². The number of carbonyl (C=O) groups is 2. The molecular weight excluding hydrogens is 439 g/mol. The first kappa shape index (κ1) is 21.3. The molecule has 2 heterocycles. The molecule has 0 unspecified atom stereocenters. The lowest BCUT2D eigenvalue weighted by Gasteiger charge is -2.12. The zero-order chi connectivity index (χ0) is 22.8. The summed E-state index contributed by atoms with van der Waals surface area (Å²) in [7, 11) is 1.39. The zero-order valence-corrected chi connectivity index (χ0v) is 17.4. The van der Waals surface area contributed by atoms with Gasteiger partial charge in [0.15, 0.2) is 0 Å². The lowest BCUT2D eigenvalue weighted by atomic mass is 10.1. The molecule has 4 rings (SSSR count). The number of hydrogen-bond acceptors (Lipinski definition) is 7. The number of thioether (sulfide) groups is 1. The maximum Gasteiger partial charge on any atom is 0.293 e. The number of nitrogens with zero attached hydrogens (tertiary/aromatic N) is 2. The first-order valence-corrected chi connectivity index (χ1v) is 10.1. The third kappa shape index (κ3) is 4.26. The molecular formula is C22H15FN2O6S. The van der Waals surface area contributed by atoms with Crippen LogP contribution in [0.5, 0.6) is 5.75 Å². The Hall–Kier alpha value is -3.92. The van der Waals surface area contributed by atoms with Gasteiger partial charge in [0.05, 0.1) is 35.1 Å². The standard InChI is InChI=1S/C22H15FN2O6S/c1-30-19-10-15(25(28)29)6-8-17(19)18-9-7-16(31-18)11-20-21(26)24(22(27)32-20)12-13-2-4-14(23)5-3-13/h2-11H,12H2,1H3/b20-11-. The summed E-state index contributed by atoms with van der Waals surface area (Å²) in [5.41, 5.74) is 1.01. The molecule has 8 nitrogen and oxygen atoms in total. The normalized spacial score (nSPS) is 14.9. The minimum atomic E-state index is -0.526. The summed E-state index contributed by atoms with van der Waals surface area (Å²) in [6.07, 6.45) is 1.46. The molecule has 2 amide bonds. The number of halogens is 1. The van der Waals surface area contributed by atoms with Gasteiger partial charge in [0.2, 0.25) is 0 Å². The second-order valence-electron chi connectivity index (χ2n) is 6.74. The van der Waals surface area contributed by atoms with Crippen molar-refractivity contribution < 1.29 is 28.1 Å². The van der Waals surface area contributed by atoms with Crippen molar-refractivity contribution in [2.24, 2.45) is 0 Å². The molecule has 0 saturated carbocycles. The predicted octanol–water partition coefficient (Wildman–Crippen LogP) is 5.24. The van der Waals surface area contributed by atoms with Gasteiger partial charge in [-0.15, -0.1) is 0 Å². The molecule has 0 N–H and O–H groups in total. The van der Waals surface area contributed by atoms with Gasteiger partial charge >= 0.3 is 0 Å². The first-order valence-electron chi connectivity index (χ1n) is 9.28. The number of carbonyl (C=O) groups excluding carboxylic acids is 2. The van der Waals surface area contributed by atoms with Crippen molar-refractivity contribution in [3.63, 3.8) is 0 Å². The van der Waals surface area contributed by atoms with E-state index in [0.29, 0.717) is 22.6 Å². The summed E-state index contributed by atoms with van der Waals surface area (Å²) < 4.78 is 24.1. The molecule has 10 heteroatoms. The van der Waals surface area contributed by atoms with Crippen LogP contribution in [0.4, 0.5) is 14.9 Å². The number of methoxy groups -OCH3 is 1. The number of imide groups is 1. The lowest BCUT2D eigenvalue weighted by molar-refractivity contribution is -0.384. The highest BCUT2D eigenvalue weighted by Crippen LogP contribution is 2.37. The monoisotopic (exact) mass is 454 g/mol. The zero-order valence-electron chi connectivity index (χ0n) is 16.6. The summed E-state index contributed by atoms with van der Waals surface area (Å²) >= 11 is 0.782. The molecule has 1 saturated heterocycles. The van der Waals surface area contributed by atoms with Crippen LogP contribution >= 0.6 is 11.8 Å². The van der Waals surface area contributed by atoms with E-state index in [-0.39, 0.29) is 22.9 Å². The van der Waals surface area contributed by atoms with Crippen LogP contribution < -0.4 is 4.74 Å². The Bertz CT molecular complexity index is 1250. The minimum Gasteiger partial charge on any atom is -0.496 e. The molecule has 1 aliphatic rings. The Morgan fingerprint density at radius 3 is 2.59 bits per heavy atom. The summed E-state index contributed by atoms with van der Waals surface area (Å²) in [4.78, 5) is 36.7. The van der Waals surface area contributed by atoms with Gasteiger partial charge in [-0.25, -0.2) is 4.39 Å². The van der Waals surface area contributed by atoms with Crippen LogP contribution in [0.3, 0.4) is 0 Å². The van der Waals surface area contributed by atoms with Gasteiger partial charge in [-0.05, 0) is 47.7 Å². The van der Waals surface area contributed by atoms with Crippen molar-refractivity contribution >= 4 is 34.7 Å². The molecule has 0 radical (unpaired) electrons. The summed E-state index contributed by atoms with van der Waals surface area (Å²) in [6, 6.07) is 12.9. The maximum atomic E-state index is 13.1. The van der Waals surface area contributed by atoms with E-state index in [2.05, 4.69) is 0 Å². The van der Waals surface area contributed by atoms with Gasteiger partial charge in [-0.1, -0.05) is 12.1 Å². The molecule has 32 heavy (non-hydrogen) atoms. The van der Waals surface area contributed by atoms with E-state index in [1.54, 1.807) is 12.1 Å². The van der Waals surface area contributed by atoms with Crippen LogP contribution in [0.2, 0.25) is 0 Å². The molecule has 1 aromatic heterocycles. The Labute approximate surface area is 185 Å². The average Bonchev–Trinajstić information content (AvgIpc) is 3.34. The predicted molar refractivity (Wildman–Crippen MR) is 115 cm³/mol. The fourth-order valence-corrected chi connectivity index (χ4v) is 3.93. The van der Waals surface area contributed by atoms with Crippen molar-refractivity contribution in [3.8, 4) is 17.1 Å². The molecule has 3 aromatic rings. The number of benzene rings is 2. The van der Waals surface area contributed by atoms with Gasteiger partial charge in [0, 0.05) is 12.1 Å². The van der Waals surface area contributed by atoms with Gasteiger partial charge < -0.3 is 9.15 Å². The van der Waals surface area contributed by atoms with Crippen LogP contribution in [0.15, 0.2) is 63.9 Å². The van der Waals surface area contributed by atoms with E-state index in [1.165, 1.54) is 55.7 Å². The lowest BCUT2D eigenvalue weighted by Crippen LogP contribution is -2.27. The molecule has 0 spiro atoms. The number of hydrogen-bond donors (Lipinski definition) is 0. The summed E-state index contributed by atoms with van der Waals surface area (Å²) in [5.74, 6) is 0.0946. The van der Waals surface area contributed by atoms with E-state index in [4.69, 9.17) is 9.15 Å². The molecule has 0 atom stereocenters. The third-order valence-electron chi connectivity index (χ3n) is 4.69. The van der Waals surface area contributed by atoms with Gasteiger partial charge in [-0.3, -0.25) is 24.6 Å². The van der Waals surface area contributed by atoms with E-state index < -0.39 is 21.9 Å². The number of nitro benzene ring substituents is 1. The van der Waals surface area contributed by atoms with Gasteiger partial charge in [-0.2, -0.15) is 0 Å². The molecule has 2 aromatic carbocycles. The Morgan fingerprint density at radius 2 is 1.91 bits per heavy atom. The van der Waals surface area contributed by atoms with Crippen molar-refractivity contribution in [2.75, 3.05) is 7.11 Å². The topological polar surface area (TPSA) is 103 Å². The Kier molecular flexibility index (Phi) is 5.78. The van der Waals surface area contributed by atoms with Crippen molar-refractivity contribution in [2.45, 2.75) is 6.54 Å². The number of non-ortho nitro benzene ring substituents is 1. The van der Waals surface area contributed by atoms with Gasteiger partial charge in [0.25, 0.3) is 16.8 Å². The van der Waals surface area contributed by atoms with Crippen LogP contribution in [0.1, 0.15) is 11.3 Å². The summed E-state index contributed by atoms with van der Waals surface area (Å²) in [6.45, 7) is 0.0334. The number of amides is 2. The van der Waals surface area contributed by atoms with Crippen molar-refractivity contribution in [1.82, 2.24) is 4.90 Å². The second-order valence-corrected chi connectivity index (χ2v) is 7.73. The van der Waals surface area contributed by atoms with Crippen LogP contribution in [-0.2, 0) is 11.3 Å². The van der Waals surface area contributed by atoms with Crippen LogP contribution in [0, 0.1) is 15.9 Å². The molecule has 0 aliphatic carbocycles. The second kappa shape index (κ2) is 8.67. The SMILES string of the molecule is COc1cc([N+](=O)[O-])ccc1-c1ccc(/C=C2\SC(=O)N(Cc3ccc(F)cc3)C2=O)o1. The molecule has 0 bridgehead atoms. The fraction of sp³-hybridized carbons (Fsp3) is 0.0909. The van der Waals surface area contributed by atoms with Crippen molar-refractivity contribution in [1.29, 1.82) is 0 Å². The quantitative estimate of drug-likeness (QED) is 0.285. The highest BCUT2D eigenvalue weighted by molar-refractivity contribution is 8.18. The van der Waals surface area contributed by atoms with E-state index in [1.807, 2.05) is 0 Å². The number of rotatable bonds is 6. The highest BCUT2D eigenvalue weighted by Gasteiger charge is 2.35. The molecule has 162 valence electrons. The Balaban J connectivity index is 1.55. The third-order valence-corrected chi connectivity index (χ3v) is 5.60. The van der Waals surface area contributed by atoms with Gasteiger partial charge in [0.1, 0.15) is 23.1 Å². The van der Waals surface area contributed by atoms with E-state index in [0.717, 1.165) is 16.7 Å². The summed E-state index contributed by atoms with van der Waals surface area (Å²) in [5, 5.41) is 10.5. The van der Waals surface area contributed by atoms with Crippen molar-refractivity contribution in [3.05, 3.63) is 86.8 Å². The molecule has 1 aliphatic heterocycles. The number of nitro groups is 1. The minimum absolute atomic E-state index is 0.0334. The fourth-order valence-electron chi connectivity index (χ4n) is 3.11. The number of furan rings is 1. The Morgan fingerprint density at radius 1 is 1.16 bits per heavy atom. The highest BCUT2D eigenvalue weighted by atomic mass is 32.2. The largest absolute Gasteiger partial charge is 0.496 e. The van der Waals surface area contributed by atoms with E-state index in [9.17, 15) is 24.1 Å². The van der Waals surface area contributed by atoms with Crippen LogP contribution in [0.25, 0.3) is 17.4 Å². The smallest absolute Gasteiger partial charge is 0.293 e.